The third-order valence-electron chi connectivity index (χ3n) is 5.16. The first-order chi connectivity index (χ1) is 11.9. The number of aromatic nitrogens is 2. The van der Waals surface area contributed by atoms with E-state index in [9.17, 15) is 4.79 Å². The fourth-order valence-corrected chi connectivity index (χ4v) is 3.20. The summed E-state index contributed by atoms with van der Waals surface area (Å²) in [5.74, 6) is 2.55. The van der Waals surface area contributed by atoms with Crippen molar-refractivity contribution in [1.29, 1.82) is 0 Å². The van der Waals surface area contributed by atoms with Gasteiger partial charge in [0.15, 0.2) is 5.82 Å². The Kier molecular flexibility index (Phi) is 7.47. The quantitative estimate of drug-likeness (QED) is 0.782. The van der Waals surface area contributed by atoms with Crippen LogP contribution in [0.5, 0.6) is 0 Å². The maximum absolute atomic E-state index is 12.4. The van der Waals surface area contributed by atoms with E-state index >= 15 is 0 Å². The summed E-state index contributed by atoms with van der Waals surface area (Å²) in [6.45, 7) is 9.13. The van der Waals surface area contributed by atoms with E-state index in [0.717, 1.165) is 44.1 Å². The van der Waals surface area contributed by atoms with Crippen LogP contribution in [-0.4, -0.2) is 46.6 Å². The van der Waals surface area contributed by atoms with Gasteiger partial charge in [-0.2, -0.15) is 4.98 Å². The fraction of sp³-hybridized carbons (Fsp3) is 0.842. The molecular formula is C19H33ClN4O2. The Labute approximate surface area is 162 Å². The fourth-order valence-electron chi connectivity index (χ4n) is 3.20. The number of amides is 1. The van der Waals surface area contributed by atoms with Crippen molar-refractivity contribution in [2.75, 3.05) is 19.6 Å². The lowest BCUT2D eigenvalue weighted by molar-refractivity contribution is -0.132. The number of nitrogens with one attached hydrogen (secondary N) is 1. The van der Waals surface area contributed by atoms with Crippen molar-refractivity contribution >= 4 is 18.3 Å². The van der Waals surface area contributed by atoms with Gasteiger partial charge in [-0.05, 0) is 44.6 Å². The van der Waals surface area contributed by atoms with E-state index in [1.807, 2.05) is 4.90 Å². The molecule has 148 valence electrons. The number of carbonyl (C=O) groups is 1. The molecule has 2 fully saturated rings. The molecular weight excluding hydrogens is 352 g/mol. The van der Waals surface area contributed by atoms with Crippen molar-refractivity contribution in [3.8, 4) is 0 Å². The zero-order valence-electron chi connectivity index (χ0n) is 16.3. The maximum atomic E-state index is 12.4. The number of aryl methyl sites for hydroxylation is 1. The van der Waals surface area contributed by atoms with Crippen LogP contribution in [0.2, 0.25) is 0 Å². The number of hydrogen-bond acceptors (Lipinski definition) is 5. The molecule has 0 bridgehead atoms. The predicted molar refractivity (Wildman–Crippen MR) is 104 cm³/mol. The molecule has 0 unspecified atom stereocenters. The van der Waals surface area contributed by atoms with E-state index in [0.29, 0.717) is 24.8 Å². The van der Waals surface area contributed by atoms with Gasteiger partial charge in [0.1, 0.15) is 0 Å². The third-order valence-corrected chi connectivity index (χ3v) is 5.16. The number of halogens is 1. The topological polar surface area (TPSA) is 71.3 Å². The molecule has 0 aromatic carbocycles. The lowest BCUT2D eigenvalue weighted by atomic mass is 9.96. The highest BCUT2D eigenvalue weighted by Crippen LogP contribution is 2.28. The van der Waals surface area contributed by atoms with Crippen molar-refractivity contribution in [2.24, 2.45) is 5.92 Å². The van der Waals surface area contributed by atoms with Gasteiger partial charge in [-0.3, -0.25) is 4.79 Å². The van der Waals surface area contributed by atoms with Crippen LogP contribution in [0.25, 0.3) is 0 Å². The van der Waals surface area contributed by atoms with Gasteiger partial charge < -0.3 is 14.7 Å². The minimum atomic E-state index is -0.102. The normalized spacial score (nSPS) is 18.7. The SMILES string of the molecule is CC(C)(C)c1noc(CCCC(=O)N2CCC(NCC3CC3)CC2)n1.Cl. The summed E-state index contributed by atoms with van der Waals surface area (Å²) in [5, 5.41) is 7.69. The molecule has 0 radical (unpaired) electrons. The van der Waals surface area contributed by atoms with Gasteiger partial charge in [0.05, 0.1) is 0 Å². The Morgan fingerprint density at radius 3 is 2.50 bits per heavy atom. The summed E-state index contributed by atoms with van der Waals surface area (Å²) in [6, 6.07) is 0.596. The van der Waals surface area contributed by atoms with E-state index in [2.05, 4.69) is 36.2 Å². The molecule has 1 aliphatic carbocycles. The lowest BCUT2D eigenvalue weighted by Crippen LogP contribution is -2.45. The molecule has 3 rings (SSSR count). The number of piperidine rings is 1. The molecule has 1 amide bonds. The number of nitrogens with zero attached hydrogens (tertiary/aromatic N) is 3. The predicted octanol–water partition coefficient (Wildman–Crippen LogP) is 3.10. The maximum Gasteiger partial charge on any atom is 0.226 e. The van der Waals surface area contributed by atoms with Crippen LogP contribution in [-0.2, 0) is 16.6 Å². The smallest absolute Gasteiger partial charge is 0.226 e. The molecule has 1 N–H and O–H groups in total. The van der Waals surface area contributed by atoms with E-state index in [-0.39, 0.29) is 23.7 Å². The van der Waals surface area contributed by atoms with Gasteiger partial charge in [-0.15, -0.1) is 12.4 Å². The van der Waals surface area contributed by atoms with Gasteiger partial charge in [-0.25, -0.2) is 0 Å². The molecule has 26 heavy (non-hydrogen) atoms. The summed E-state index contributed by atoms with van der Waals surface area (Å²) in [6.07, 6.45) is 6.95. The van der Waals surface area contributed by atoms with Crippen LogP contribution in [0.1, 0.15) is 71.0 Å². The Morgan fingerprint density at radius 1 is 1.23 bits per heavy atom. The highest BCUT2D eigenvalue weighted by molar-refractivity contribution is 5.85. The van der Waals surface area contributed by atoms with Gasteiger partial charge >= 0.3 is 0 Å². The molecule has 1 saturated heterocycles. The zero-order chi connectivity index (χ0) is 17.9. The minimum Gasteiger partial charge on any atom is -0.343 e. The molecule has 0 atom stereocenters. The molecule has 2 heterocycles. The Hall–Kier alpha value is -1.14. The second-order valence-electron chi connectivity index (χ2n) is 8.62. The Morgan fingerprint density at radius 2 is 1.92 bits per heavy atom. The lowest BCUT2D eigenvalue weighted by Gasteiger charge is -2.32. The first kappa shape index (κ1) is 21.2. The number of rotatable bonds is 7. The standard InChI is InChI=1S/C19H32N4O2.ClH/c1-19(2,3)18-21-16(25-22-18)5-4-6-17(24)23-11-9-15(10-12-23)20-13-14-7-8-14;/h14-15,20H,4-13H2,1-3H3;1H. The number of likely N-dealkylation sites (tertiary alicyclic amines) is 1. The summed E-state index contributed by atoms with van der Waals surface area (Å²) >= 11 is 0. The van der Waals surface area contributed by atoms with Crippen molar-refractivity contribution in [3.63, 3.8) is 0 Å². The van der Waals surface area contributed by atoms with E-state index in [4.69, 9.17) is 4.52 Å². The molecule has 2 aliphatic rings. The van der Waals surface area contributed by atoms with Gasteiger partial charge in [-0.1, -0.05) is 25.9 Å². The van der Waals surface area contributed by atoms with Crippen LogP contribution < -0.4 is 5.32 Å². The van der Waals surface area contributed by atoms with Crippen molar-refractivity contribution in [3.05, 3.63) is 11.7 Å². The highest BCUT2D eigenvalue weighted by Gasteiger charge is 2.26. The van der Waals surface area contributed by atoms with Crippen LogP contribution in [0.15, 0.2) is 4.52 Å². The molecule has 6 nitrogen and oxygen atoms in total. The second-order valence-corrected chi connectivity index (χ2v) is 8.62. The average molecular weight is 385 g/mol. The van der Waals surface area contributed by atoms with Crippen LogP contribution in [0, 0.1) is 5.92 Å². The number of carbonyl (C=O) groups excluding carboxylic acids is 1. The summed E-state index contributed by atoms with van der Waals surface area (Å²) in [4.78, 5) is 18.8. The van der Waals surface area contributed by atoms with Gasteiger partial charge in [0.25, 0.3) is 0 Å². The van der Waals surface area contributed by atoms with Crippen molar-refractivity contribution in [2.45, 2.75) is 77.2 Å². The molecule has 7 heteroatoms. The van der Waals surface area contributed by atoms with Gasteiger partial charge in [0, 0.05) is 37.4 Å². The van der Waals surface area contributed by atoms with Gasteiger partial charge in [0.2, 0.25) is 11.8 Å². The molecule has 1 saturated carbocycles. The molecule has 1 aromatic rings. The van der Waals surface area contributed by atoms with E-state index < -0.39 is 0 Å². The average Bonchev–Trinajstić information content (AvgIpc) is 3.28. The molecule has 1 aromatic heterocycles. The van der Waals surface area contributed by atoms with Crippen LogP contribution >= 0.6 is 12.4 Å². The highest BCUT2D eigenvalue weighted by atomic mass is 35.5. The monoisotopic (exact) mass is 384 g/mol. The third kappa shape index (κ3) is 6.23. The Bertz CT molecular complexity index is 572. The molecule has 1 aliphatic heterocycles. The molecule has 0 spiro atoms. The van der Waals surface area contributed by atoms with Crippen LogP contribution in [0.4, 0.5) is 0 Å². The van der Waals surface area contributed by atoms with E-state index in [1.165, 1.54) is 19.4 Å². The van der Waals surface area contributed by atoms with Crippen LogP contribution in [0.3, 0.4) is 0 Å². The first-order valence-corrected chi connectivity index (χ1v) is 9.76. The Balaban J connectivity index is 0.00000243. The van der Waals surface area contributed by atoms with E-state index in [1.54, 1.807) is 0 Å². The summed E-state index contributed by atoms with van der Waals surface area (Å²) in [7, 11) is 0. The summed E-state index contributed by atoms with van der Waals surface area (Å²) in [5.41, 5.74) is -0.102. The zero-order valence-corrected chi connectivity index (χ0v) is 17.1. The second kappa shape index (κ2) is 9.18. The van der Waals surface area contributed by atoms with Crippen molar-refractivity contribution in [1.82, 2.24) is 20.4 Å². The number of hydrogen-bond donors (Lipinski definition) is 1. The first-order valence-electron chi connectivity index (χ1n) is 9.76. The largest absolute Gasteiger partial charge is 0.343 e. The van der Waals surface area contributed by atoms with Crippen molar-refractivity contribution < 1.29 is 9.32 Å². The minimum absolute atomic E-state index is 0. The summed E-state index contributed by atoms with van der Waals surface area (Å²) < 4.78 is 5.29.